The van der Waals surface area contributed by atoms with E-state index in [4.69, 9.17) is 17.3 Å². The van der Waals surface area contributed by atoms with E-state index in [0.717, 1.165) is 17.7 Å². The number of aromatic nitrogens is 1. The van der Waals surface area contributed by atoms with Crippen LogP contribution in [0.25, 0.3) is 0 Å². The number of halogens is 1. The van der Waals surface area contributed by atoms with E-state index in [1.807, 2.05) is 19.1 Å². The fraction of sp³-hybridized carbons (Fsp3) is 0.200. The molecule has 2 aromatic rings. The molecule has 0 aliphatic rings. The Morgan fingerprint density at radius 3 is 2.65 bits per heavy atom. The normalized spacial score (nSPS) is 10.3. The van der Waals surface area contributed by atoms with Gasteiger partial charge >= 0.3 is 0 Å². The molecule has 3 N–H and O–H groups in total. The third-order valence-electron chi connectivity index (χ3n) is 2.89. The van der Waals surface area contributed by atoms with E-state index in [9.17, 15) is 4.79 Å². The summed E-state index contributed by atoms with van der Waals surface area (Å²) in [6.07, 6.45) is 0.739. The minimum Gasteiger partial charge on any atom is -0.384 e. The lowest BCUT2D eigenvalue weighted by molar-refractivity contribution is 0.0950. The van der Waals surface area contributed by atoms with Crippen molar-refractivity contribution in [2.45, 2.75) is 19.9 Å². The van der Waals surface area contributed by atoms with Crippen molar-refractivity contribution in [3.05, 3.63) is 58.2 Å². The van der Waals surface area contributed by atoms with E-state index >= 15 is 0 Å². The zero-order valence-corrected chi connectivity index (χ0v) is 11.9. The van der Waals surface area contributed by atoms with Gasteiger partial charge in [-0.3, -0.25) is 4.79 Å². The van der Waals surface area contributed by atoms with Gasteiger partial charge in [-0.05, 0) is 36.2 Å². The van der Waals surface area contributed by atoms with Gasteiger partial charge in [-0.1, -0.05) is 30.7 Å². The Bertz CT molecular complexity index is 611. The van der Waals surface area contributed by atoms with Crippen LogP contribution in [0.1, 0.15) is 28.5 Å². The van der Waals surface area contributed by atoms with Gasteiger partial charge in [0.05, 0.1) is 0 Å². The number of amides is 1. The predicted molar refractivity (Wildman–Crippen MR) is 80.6 cm³/mol. The molecule has 20 heavy (non-hydrogen) atoms. The first-order valence-corrected chi connectivity index (χ1v) is 6.75. The summed E-state index contributed by atoms with van der Waals surface area (Å²) in [6.45, 7) is 2.41. The highest BCUT2D eigenvalue weighted by Crippen LogP contribution is 2.11. The van der Waals surface area contributed by atoms with Gasteiger partial charge in [0.2, 0.25) is 0 Å². The van der Waals surface area contributed by atoms with E-state index in [-0.39, 0.29) is 5.91 Å². The van der Waals surface area contributed by atoms with Gasteiger partial charge in [0.1, 0.15) is 5.82 Å². The van der Waals surface area contributed by atoms with Crippen molar-refractivity contribution in [3.8, 4) is 0 Å². The highest BCUT2D eigenvalue weighted by molar-refractivity contribution is 6.30. The Morgan fingerprint density at radius 2 is 2.00 bits per heavy atom. The molecule has 0 spiro atoms. The van der Waals surface area contributed by atoms with Crippen LogP contribution in [0.4, 0.5) is 5.82 Å². The second kappa shape index (κ2) is 6.39. The number of hydrogen-bond acceptors (Lipinski definition) is 3. The van der Waals surface area contributed by atoms with Crippen molar-refractivity contribution in [2.75, 3.05) is 5.73 Å². The van der Waals surface area contributed by atoms with Gasteiger partial charge in [0, 0.05) is 22.8 Å². The Balaban J connectivity index is 2.04. The molecule has 2 rings (SSSR count). The second-order valence-electron chi connectivity index (χ2n) is 4.43. The van der Waals surface area contributed by atoms with E-state index in [2.05, 4.69) is 10.3 Å². The lowest BCUT2D eigenvalue weighted by Crippen LogP contribution is -2.23. The second-order valence-corrected chi connectivity index (χ2v) is 4.87. The van der Waals surface area contributed by atoms with Crippen molar-refractivity contribution in [2.24, 2.45) is 0 Å². The molecule has 0 bridgehead atoms. The summed E-state index contributed by atoms with van der Waals surface area (Å²) in [5.41, 5.74) is 8.02. The number of nitrogens with zero attached hydrogens (tertiary/aromatic N) is 1. The monoisotopic (exact) mass is 289 g/mol. The molecular weight excluding hydrogens is 274 g/mol. The molecule has 0 saturated heterocycles. The van der Waals surface area contributed by atoms with Gasteiger partial charge in [0.15, 0.2) is 0 Å². The van der Waals surface area contributed by atoms with Crippen LogP contribution in [-0.4, -0.2) is 10.9 Å². The van der Waals surface area contributed by atoms with Crippen LogP contribution in [0.3, 0.4) is 0 Å². The molecule has 1 aromatic heterocycles. The van der Waals surface area contributed by atoms with Crippen molar-refractivity contribution in [3.63, 3.8) is 0 Å². The van der Waals surface area contributed by atoms with Gasteiger partial charge in [-0.15, -0.1) is 0 Å². The minimum absolute atomic E-state index is 0.163. The Kier molecular flexibility index (Phi) is 4.58. The number of carbonyl (C=O) groups excluding carboxylic acids is 1. The first-order chi connectivity index (χ1) is 9.58. The van der Waals surface area contributed by atoms with Crippen molar-refractivity contribution >= 4 is 23.3 Å². The zero-order chi connectivity index (χ0) is 14.5. The molecule has 0 aliphatic heterocycles. The standard InChI is InChI=1S/C15H16ClN3O/c1-2-13-7-11(8-14(17)19-13)15(20)18-9-10-3-5-12(16)6-4-10/h3-8H,2,9H2,1H3,(H2,17,19)(H,18,20). The number of carbonyl (C=O) groups is 1. The number of rotatable bonds is 4. The van der Waals surface area contributed by atoms with Crippen LogP contribution in [0.2, 0.25) is 5.02 Å². The predicted octanol–water partition coefficient (Wildman–Crippen LogP) is 2.81. The Hall–Kier alpha value is -2.07. The molecule has 0 aliphatic carbocycles. The smallest absolute Gasteiger partial charge is 0.251 e. The molecule has 104 valence electrons. The molecule has 0 atom stereocenters. The average Bonchev–Trinajstić information content (AvgIpc) is 2.45. The maximum atomic E-state index is 12.1. The molecule has 4 nitrogen and oxygen atoms in total. The molecule has 0 unspecified atom stereocenters. The zero-order valence-electron chi connectivity index (χ0n) is 11.2. The fourth-order valence-electron chi connectivity index (χ4n) is 1.81. The summed E-state index contributed by atoms with van der Waals surface area (Å²) in [5.74, 6) is 0.199. The average molecular weight is 290 g/mol. The highest BCUT2D eigenvalue weighted by Gasteiger charge is 2.08. The van der Waals surface area contributed by atoms with Crippen molar-refractivity contribution in [1.82, 2.24) is 10.3 Å². The largest absolute Gasteiger partial charge is 0.384 e. The quantitative estimate of drug-likeness (QED) is 0.909. The van der Waals surface area contributed by atoms with Crippen LogP contribution >= 0.6 is 11.6 Å². The van der Waals surface area contributed by atoms with Gasteiger partial charge in [-0.25, -0.2) is 4.98 Å². The number of hydrogen-bond donors (Lipinski definition) is 2. The number of anilines is 1. The fourth-order valence-corrected chi connectivity index (χ4v) is 1.94. The summed E-state index contributed by atoms with van der Waals surface area (Å²) in [6, 6.07) is 10.7. The molecule has 1 amide bonds. The van der Waals surface area contributed by atoms with E-state index in [0.29, 0.717) is 22.9 Å². The molecular formula is C15H16ClN3O. The molecule has 5 heteroatoms. The summed E-state index contributed by atoms with van der Waals surface area (Å²) in [5, 5.41) is 3.52. The van der Waals surface area contributed by atoms with Crippen LogP contribution < -0.4 is 11.1 Å². The van der Waals surface area contributed by atoms with Crippen LogP contribution in [0.15, 0.2) is 36.4 Å². The Morgan fingerprint density at radius 1 is 1.30 bits per heavy atom. The number of nitrogens with one attached hydrogen (secondary N) is 1. The number of nitrogen functional groups attached to an aromatic ring is 1. The van der Waals surface area contributed by atoms with Crippen molar-refractivity contribution < 1.29 is 4.79 Å². The van der Waals surface area contributed by atoms with E-state index in [1.165, 1.54) is 0 Å². The van der Waals surface area contributed by atoms with Crippen molar-refractivity contribution in [1.29, 1.82) is 0 Å². The van der Waals surface area contributed by atoms with Gasteiger partial charge in [-0.2, -0.15) is 0 Å². The number of benzene rings is 1. The SMILES string of the molecule is CCc1cc(C(=O)NCc2ccc(Cl)cc2)cc(N)n1. The number of aryl methyl sites for hydroxylation is 1. The summed E-state index contributed by atoms with van der Waals surface area (Å²) < 4.78 is 0. The lowest BCUT2D eigenvalue weighted by atomic mass is 10.1. The molecule has 0 radical (unpaired) electrons. The first-order valence-electron chi connectivity index (χ1n) is 6.37. The van der Waals surface area contributed by atoms with Crippen LogP contribution in [-0.2, 0) is 13.0 Å². The minimum atomic E-state index is -0.163. The van der Waals surface area contributed by atoms with Crippen LogP contribution in [0.5, 0.6) is 0 Å². The van der Waals surface area contributed by atoms with E-state index < -0.39 is 0 Å². The third-order valence-corrected chi connectivity index (χ3v) is 3.14. The third kappa shape index (κ3) is 3.71. The molecule has 0 fully saturated rings. The van der Waals surface area contributed by atoms with Gasteiger partial charge < -0.3 is 11.1 Å². The molecule has 1 heterocycles. The molecule has 1 aromatic carbocycles. The summed E-state index contributed by atoms with van der Waals surface area (Å²) >= 11 is 5.81. The highest BCUT2D eigenvalue weighted by atomic mass is 35.5. The summed E-state index contributed by atoms with van der Waals surface area (Å²) in [4.78, 5) is 16.2. The Labute approximate surface area is 123 Å². The van der Waals surface area contributed by atoms with Gasteiger partial charge in [0.25, 0.3) is 5.91 Å². The summed E-state index contributed by atoms with van der Waals surface area (Å²) in [7, 11) is 0. The number of pyridine rings is 1. The molecule has 0 saturated carbocycles. The topological polar surface area (TPSA) is 68.0 Å². The first kappa shape index (κ1) is 14.3. The maximum absolute atomic E-state index is 12.1. The van der Waals surface area contributed by atoms with E-state index in [1.54, 1.807) is 24.3 Å². The van der Waals surface area contributed by atoms with Crippen LogP contribution in [0, 0.1) is 0 Å². The lowest BCUT2D eigenvalue weighted by Gasteiger charge is -2.07. The maximum Gasteiger partial charge on any atom is 0.251 e. The number of nitrogens with two attached hydrogens (primary N) is 1.